The van der Waals surface area contributed by atoms with Gasteiger partial charge in [0.15, 0.2) is 0 Å². The smallest absolute Gasteiger partial charge is 0.410 e. The Bertz CT molecular complexity index is 2800. The highest BCUT2D eigenvalue weighted by Gasteiger charge is 2.44. The van der Waals surface area contributed by atoms with Gasteiger partial charge in [-0.1, -0.05) is 111 Å². The Labute approximate surface area is 583 Å². The van der Waals surface area contributed by atoms with E-state index in [-0.39, 0.29) is 82.8 Å². The Balaban J connectivity index is 1.64. The second-order valence-corrected chi connectivity index (χ2v) is 25.8. The molecule has 2 aromatic carbocycles. The zero-order valence-corrected chi connectivity index (χ0v) is 60.2. The molecule has 0 radical (unpaired) electrons. The first-order valence-corrected chi connectivity index (χ1v) is 34.2. The van der Waals surface area contributed by atoms with E-state index in [1.807, 2.05) is 19.9 Å². The van der Waals surface area contributed by atoms with Crippen LogP contribution in [0.15, 0.2) is 54.6 Å². The van der Waals surface area contributed by atoms with Crippen molar-refractivity contribution in [2.45, 2.75) is 175 Å². The van der Waals surface area contributed by atoms with Crippen molar-refractivity contribution in [3.63, 3.8) is 0 Å². The number of primary amides is 1. The summed E-state index contributed by atoms with van der Waals surface area (Å²) in [7, 11) is 5.97. The number of nitrogens with zero attached hydrogens (tertiary/aromatic N) is 3. The minimum absolute atomic E-state index is 0.0450. The number of hydrogen-bond acceptors (Lipinski definition) is 19. The van der Waals surface area contributed by atoms with E-state index >= 15 is 0 Å². The molecule has 1 aliphatic heterocycles. The fourth-order valence-electron chi connectivity index (χ4n) is 11.7. The number of amides is 10. The lowest BCUT2D eigenvalue weighted by Gasteiger charge is -2.41. The van der Waals surface area contributed by atoms with E-state index in [1.165, 1.54) is 31.1 Å². The number of anilines is 1. The maximum absolute atomic E-state index is 14.8. The predicted octanol–water partition coefficient (Wildman–Crippen LogP) is 3.51. The highest BCUT2D eigenvalue weighted by molar-refractivity contribution is 5.98. The lowest BCUT2D eigenvalue weighted by Crippen LogP contribution is -2.60. The van der Waals surface area contributed by atoms with Crippen molar-refractivity contribution in [2.24, 2.45) is 41.2 Å². The van der Waals surface area contributed by atoms with Crippen LogP contribution in [0.2, 0.25) is 0 Å². The number of aliphatic carboxylic acids is 1. The second kappa shape index (κ2) is 46.0. The molecule has 3 rings (SSSR count). The molecule has 1 saturated heterocycles. The summed E-state index contributed by atoms with van der Waals surface area (Å²) in [6, 6.07) is 7.90. The van der Waals surface area contributed by atoms with Gasteiger partial charge in [-0.3, -0.25) is 38.5 Å². The Morgan fingerprint density at radius 1 is 0.657 bits per heavy atom. The van der Waals surface area contributed by atoms with Gasteiger partial charge in [-0.15, -0.1) is 0 Å². The predicted molar refractivity (Wildman–Crippen MR) is 368 cm³/mol. The number of benzene rings is 2. The van der Waals surface area contributed by atoms with E-state index in [4.69, 9.17) is 44.8 Å². The van der Waals surface area contributed by atoms with E-state index in [0.29, 0.717) is 76.7 Å². The van der Waals surface area contributed by atoms with Gasteiger partial charge in [-0.05, 0) is 72.6 Å². The van der Waals surface area contributed by atoms with Crippen LogP contribution in [0.25, 0.3) is 0 Å². The third kappa shape index (κ3) is 29.6. The van der Waals surface area contributed by atoms with Crippen molar-refractivity contribution in [1.82, 2.24) is 41.3 Å². The van der Waals surface area contributed by atoms with Crippen LogP contribution >= 0.6 is 0 Å². The lowest BCUT2D eigenvalue weighted by atomic mass is 9.89. The number of nitrogens with one attached hydrogen (secondary N) is 6. The van der Waals surface area contributed by atoms with Gasteiger partial charge in [0.05, 0.1) is 96.1 Å². The molecular formula is C69H113N11O19. The average molecular weight is 1400 g/mol. The van der Waals surface area contributed by atoms with Crippen LogP contribution in [-0.2, 0) is 89.4 Å². The van der Waals surface area contributed by atoms with E-state index in [0.717, 1.165) is 5.56 Å². The molecule has 0 saturated carbocycles. The molecule has 1 fully saturated rings. The van der Waals surface area contributed by atoms with Gasteiger partial charge in [0, 0.05) is 59.9 Å². The van der Waals surface area contributed by atoms with Crippen LogP contribution in [0.4, 0.5) is 15.3 Å². The SMILES string of the molecule is CC[C@H](C)C([C@@H](CC(=O)N1CCC[C@H]1[C@H](OC)[C@@H](C)C(=O)N[C@@H](Cc1ccccc1)C(=O)O)OC)N(C)C(=O)[C@@H](NC(=O)C(C(C)C)N(C)C(=O)OCc1ccc(NC(=O)[C@H](CCCNC(N)=O)NC(=O)C(NC(=O)CCOCCOCCOCCOCCON)C(C)C)cc1)C(C)C. The molecule has 1 aliphatic rings. The highest BCUT2D eigenvalue weighted by atomic mass is 16.6. The minimum Gasteiger partial charge on any atom is -0.480 e. The molecule has 0 bridgehead atoms. The summed E-state index contributed by atoms with van der Waals surface area (Å²) in [6.07, 6.45) is -0.447. The summed E-state index contributed by atoms with van der Waals surface area (Å²) in [5.74, 6) is -2.07. The van der Waals surface area contributed by atoms with Crippen LogP contribution in [0.5, 0.6) is 0 Å². The molecular weight excluding hydrogens is 1290 g/mol. The third-order valence-corrected chi connectivity index (χ3v) is 17.4. The van der Waals surface area contributed by atoms with Crippen molar-refractivity contribution < 1.29 is 91.0 Å². The van der Waals surface area contributed by atoms with Crippen LogP contribution in [0, 0.1) is 29.6 Å². The fraction of sp³-hybridized carbons (Fsp3) is 0.681. The van der Waals surface area contributed by atoms with E-state index < -0.39 is 126 Å². The van der Waals surface area contributed by atoms with Crippen molar-refractivity contribution in [1.29, 1.82) is 0 Å². The molecule has 11 N–H and O–H groups in total. The van der Waals surface area contributed by atoms with Crippen molar-refractivity contribution >= 4 is 65.1 Å². The third-order valence-electron chi connectivity index (χ3n) is 17.4. The maximum atomic E-state index is 14.8. The first-order valence-electron chi connectivity index (χ1n) is 34.2. The van der Waals surface area contributed by atoms with Gasteiger partial charge in [0.2, 0.25) is 41.4 Å². The first kappa shape index (κ1) is 85.6. The zero-order chi connectivity index (χ0) is 73.7. The van der Waals surface area contributed by atoms with Crippen molar-refractivity contribution in [3.8, 4) is 0 Å². The summed E-state index contributed by atoms with van der Waals surface area (Å²) in [4.78, 5) is 144. The summed E-state index contributed by atoms with van der Waals surface area (Å²) >= 11 is 0. The number of methoxy groups -OCH3 is 2. The summed E-state index contributed by atoms with van der Waals surface area (Å²) in [5, 5.41) is 26.4. The Hall–Kier alpha value is -7.58. The molecule has 0 spiro atoms. The molecule has 0 aliphatic carbocycles. The molecule has 2 aromatic rings. The largest absolute Gasteiger partial charge is 0.480 e. The summed E-state index contributed by atoms with van der Waals surface area (Å²) in [6.45, 7) is 19.1. The van der Waals surface area contributed by atoms with Crippen LogP contribution in [0.3, 0.4) is 0 Å². The fourth-order valence-corrected chi connectivity index (χ4v) is 11.7. The number of nitrogens with two attached hydrogens (primary N) is 2. The molecule has 99 heavy (non-hydrogen) atoms. The quantitative estimate of drug-likeness (QED) is 0.0338. The second-order valence-electron chi connectivity index (χ2n) is 25.8. The number of likely N-dealkylation sites (N-methyl/N-ethyl adjacent to an activating group) is 2. The molecule has 10 amide bonds. The van der Waals surface area contributed by atoms with E-state index in [2.05, 4.69) is 36.7 Å². The Kier molecular flexibility index (Phi) is 39.8. The molecule has 0 aromatic heterocycles. The van der Waals surface area contributed by atoms with Gasteiger partial charge in [-0.25, -0.2) is 20.3 Å². The number of hydrogen-bond donors (Lipinski definition) is 9. The van der Waals surface area contributed by atoms with Gasteiger partial charge in [0.25, 0.3) is 0 Å². The molecule has 30 heteroatoms. The van der Waals surface area contributed by atoms with Gasteiger partial charge < -0.3 is 90.5 Å². The van der Waals surface area contributed by atoms with Crippen LogP contribution in [-0.4, -0.2) is 235 Å². The number of carboxylic acids is 1. The standard InChI is InChI=1S/C69H113N11O19/c1-14-46(8)60(54(92-12)41-56(82)80-30-19-23-53(80)61(93-13)47(9)62(83)75-52(67(88)89)40-48-20-16-15-17-21-48)78(10)66(87)58(44(4)5)77-65(86)59(45(6)7)79(11)69(91)98-42-49-24-26-50(27-25-49)73-63(84)51(22-18-29-72-68(70)90)74-64(85)57(43(2)3)76-55(81)28-31-94-32-33-95-34-35-96-36-37-97-38-39-99-71/h15-17,20-21,24-27,43-47,51-54,57-61H,14,18-19,22-23,28-42,71H2,1-13H3,(H,73,84)(H,74,85)(H,75,83)(H,76,81)(H,77,86)(H,88,89)(H3,70,72,90)/t46-,47+,51-,52-,53-,54+,57?,58-,59?,60?,61+/m0/s1. The zero-order valence-electron chi connectivity index (χ0n) is 60.2. The molecule has 558 valence electrons. The lowest BCUT2D eigenvalue weighted by molar-refractivity contribution is -0.148. The van der Waals surface area contributed by atoms with Crippen LogP contribution < -0.4 is 43.5 Å². The molecule has 11 atom stereocenters. The monoisotopic (exact) mass is 1400 g/mol. The topological polar surface area (TPSA) is 399 Å². The van der Waals surface area contributed by atoms with Crippen molar-refractivity contribution in [3.05, 3.63) is 65.7 Å². The van der Waals surface area contributed by atoms with Gasteiger partial charge in [-0.2, -0.15) is 0 Å². The number of carboxylic acid groups (broad SMARTS) is 1. The Morgan fingerprint density at radius 2 is 1.24 bits per heavy atom. The van der Waals surface area contributed by atoms with Gasteiger partial charge in [0.1, 0.15) is 36.8 Å². The van der Waals surface area contributed by atoms with Gasteiger partial charge >= 0.3 is 18.1 Å². The molecule has 1 heterocycles. The number of likely N-dealkylation sites (tertiary alicyclic amines) is 1. The molecule has 30 nitrogen and oxygen atoms in total. The average Bonchev–Trinajstić information content (AvgIpc) is 1.40. The number of urea groups is 1. The summed E-state index contributed by atoms with van der Waals surface area (Å²) < 4.78 is 39.4. The van der Waals surface area contributed by atoms with Crippen LogP contribution in [0.1, 0.15) is 118 Å². The highest BCUT2D eigenvalue weighted by Crippen LogP contribution is 2.30. The minimum atomic E-state index is -1.19. The normalized spacial score (nSPS) is 16.1. The van der Waals surface area contributed by atoms with E-state index in [9.17, 15) is 53.1 Å². The maximum Gasteiger partial charge on any atom is 0.410 e. The Morgan fingerprint density at radius 3 is 1.78 bits per heavy atom. The number of carbonyl (C=O) groups excluding carboxylic acids is 9. The number of rotatable bonds is 48. The molecule has 3 unspecified atom stereocenters. The first-order chi connectivity index (χ1) is 47.1. The summed E-state index contributed by atoms with van der Waals surface area (Å²) in [5.41, 5.74) is 6.85. The number of ether oxygens (including phenoxy) is 7. The van der Waals surface area contributed by atoms with Crippen molar-refractivity contribution in [2.75, 3.05) is 106 Å². The van der Waals surface area contributed by atoms with E-state index in [1.54, 1.807) is 109 Å². The number of carbonyl (C=O) groups is 10.